The van der Waals surface area contributed by atoms with Gasteiger partial charge >= 0.3 is 19.5 Å². The molecule has 11 N–H and O–H groups in total. The van der Waals surface area contributed by atoms with Gasteiger partial charge in [0, 0.05) is 49.9 Å². The smallest absolute Gasteiger partial charge is 0.475 e. The number of carboxylic acid groups (broad SMARTS) is 1. The number of nitrogens with two attached hydrogens (primary N) is 2. The van der Waals surface area contributed by atoms with Crippen LogP contribution in [0.1, 0.15) is 61.2 Å². The summed E-state index contributed by atoms with van der Waals surface area (Å²) in [6.07, 6.45) is -13.3. The number of aliphatic hydroxyl groups is 5. The van der Waals surface area contributed by atoms with Crippen LogP contribution in [0, 0.1) is 5.92 Å². The fourth-order valence-electron chi connectivity index (χ4n) is 6.18. The summed E-state index contributed by atoms with van der Waals surface area (Å²) in [5, 5.41) is 63.4. The third kappa shape index (κ3) is 10.2. The molecule has 53 heavy (non-hydrogen) atoms. The second-order valence-corrected chi connectivity index (χ2v) is 14.3. The molecule has 21 heteroatoms. The molecule has 0 radical (unpaired) electrons. The monoisotopic (exact) mass is 772 g/mol. The molecule has 3 unspecified atom stereocenters. The lowest BCUT2D eigenvalue weighted by Crippen LogP contribution is -2.62. The van der Waals surface area contributed by atoms with Crippen LogP contribution >= 0.6 is 7.82 Å². The molecule has 2 saturated heterocycles. The predicted octanol–water partition coefficient (Wildman–Crippen LogP) is -1.62. The third-order valence-corrected chi connectivity index (χ3v) is 10.1. The van der Waals surface area contributed by atoms with E-state index in [1.54, 1.807) is 31.2 Å². The second kappa shape index (κ2) is 17.8. The van der Waals surface area contributed by atoms with Gasteiger partial charge in [0.15, 0.2) is 12.0 Å². The number of carbonyl (C=O) groups excluding carboxylic acids is 2. The number of phosphoric ester groups is 1. The van der Waals surface area contributed by atoms with Gasteiger partial charge in [-0.2, -0.15) is 4.98 Å². The molecule has 0 bridgehead atoms. The number of ether oxygens (including phenoxy) is 2. The van der Waals surface area contributed by atoms with Crippen molar-refractivity contribution < 1.29 is 73.0 Å². The maximum absolute atomic E-state index is 13.1. The van der Waals surface area contributed by atoms with Crippen molar-refractivity contribution in [2.75, 3.05) is 18.9 Å². The molecule has 2 fully saturated rings. The highest BCUT2D eigenvalue weighted by molar-refractivity contribution is 7.47. The molecule has 0 aliphatic carbocycles. The van der Waals surface area contributed by atoms with Gasteiger partial charge in [0.2, 0.25) is 0 Å². The van der Waals surface area contributed by atoms with E-state index >= 15 is 0 Å². The number of aliphatic carboxylic acids is 1. The fraction of sp³-hybridized carbons (Fsp3) is 0.594. The number of carboxylic acids is 1. The Balaban J connectivity index is 1.43. The lowest BCUT2D eigenvalue weighted by atomic mass is 9.80. The Bertz CT molecular complexity index is 1710. The molecule has 1 aromatic carbocycles. The molecular weight excluding hydrogens is 727 g/mol. The number of aryl methyl sites for hydroxylation is 1. The minimum Gasteiger partial charge on any atom is -0.477 e. The molecular formula is C32H45N4O16P. The van der Waals surface area contributed by atoms with E-state index < -0.39 is 112 Å². The number of hydrogen-bond donors (Lipinski definition) is 9. The average molecular weight is 773 g/mol. The van der Waals surface area contributed by atoms with Crippen molar-refractivity contribution in [3.05, 3.63) is 58.1 Å². The summed E-state index contributed by atoms with van der Waals surface area (Å²) in [6.45, 7) is 0.189. The highest BCUT2D eigenvalue weighted by Crippen LogP contribution is 2.52. The summed E-state index contributed by atoms with van der Waals surface area (Å²) in [5.41, 5.74) is 11.4. The third-order valence-electron chi connectivity index (χ3n) is 9.13. The highest BCUT2D eigenvalue weighted by atomic mass is 31.2. The van der Waals surface area contributed by atoms with E-state index in [1.165, 1.54) is 6.07 Å². The Labute approximate surface area is 302 Å². The first-order valence-corrected chi connectivity index (χ1v) is 18.2. The van der Waals surface area contributed by atoms with E-state index in [2.05, 4.69) is 4.98 Å². The van der Waals surface area contributed by atoms with Crippen molar-refractivity contribution >= 4 is 31.2 Å². The van der Waals surface area contributed by atoms with Crippen LogP contribution < -0.4 is 17.2 Å². The standard InChI is InChI=1S/C32H45N4O16P/c1-2-20(38)17-8-6-16(7-9-17)4-3-5-18(37)12-19-21(39)13-32(30(44)45,51-28(19)25(41)22(40)14-33)52-53(47,48)49-15-23-26(42)27(43)29(50-23)36-11-10-24(34)35-31(36)46/h6-11,19,21-23,25-29,39-43H,2-5,12-15,33H2,1H3,(H,44,45)(H,47,48)(H2,34,35,46)/t19-,21-,22-,23-,25-,26+,27?,28?,29-,32-/m1/s1. The van der Waals surface area contributed by atoms with E-state index in [1.807, 2.05) is 0 Å². The Morgan fingerprint density at radius 3 is 2.42 bits per heavy atom. The van der Waals surface area contributed by atoms with E-state index in [-0.39, 0.29) is 18.0 Å². The number of aliphatic hydroxyl groups excluding tert-OH is 5. The van der Waals surface area contributed by atoms with Gasteiger partial charge in [-0.05, 0) is 24.5 Å². The lowest BCUT2D eigenvalue weighted by molar-refractivity contribution is -0.296. The summed E-state index contributed by atoms with van der Waals surface area (Å²) in [7, 11) is -5.54. The Morgan fingerprint density at radius 1 is 1.13 bits per heavy atom. The summed E-state index contributed by atoms with van der Waals surface area (Å²) in [5.74, 6) is -7.12. The first kappa shape index (κ1) is 42.2. The number of ketones is 2. The molecule has 294 valence electrons. The molecule has 0 spiro atoms. The molecule has 2 aromatic rings. The summed E-state index contributed by atoms with van der Waals surface area (Å²) in [6, 6.07) is 8.14. The van der Waals surface area contributed by atoms with Gasteiger partial charge in [0.1, 0.15) is 36.0 Å². The number of aromatic nitrogens is 2. The Hall–Kier alpha value is -3.50. The zero-order chi connectivity index (χ0) is 39.2. The van der Waals surface area contributed by atoms with Gasteiger partial charge in [-0.25, -0.2) is 18.7 Å². The van der Waals surface area contributed by atoms with Crippen LogP contribution in [0.15, 0.2) is 41.3 Å². The molecule has 0 amide bonds. The molecule has 20 nitrogen and oxygen atoms in total. The maximum Gasteiger partial charge on any atom is 0.475 e. The van der Waals surface area contributed by atoms with Crippen molar-refractivity contribution in [3.8, 4) is 0 Å². The average Bonchev–Trinajstić information content (AvgIpc) is 3.39. The summed E-state index contributed by atoms with van der Waals surface area (Å²) >= 11 is 0. The number of rotatable bonds is 18. The van der Waals surface area contributed by atoms with Crippen molar-refractivity contribution in [1.82, 2.24) is 9.55 Å². The number of benzene rings is 1. The van der Waals surface area contributed by atoms with Crippen LogP contribution in [0.3, 0.4) is 0 Å². The number of nitrogen functional groups attached to an aromatic ring is 1. The van der Waals surface area contributed by atoms with Crippen molar-refractivity contribution in [2.45, 2.75) is 100 Å². The zero-order valence-corrected chi connectivity index (χ0v) is 29.5. The van der Waals surface area contributed by atoms with Crippen LogP contribution in [0.25, 0.3) is 0 Å². The Kier molecular flexibility index (Phi) is 14.2. The summed E-state index contributed by atoms with van der Waals surface area (Å²) in [4.78, 5) is 63.8. The molecule has 11 atom stereocenters. The van der Waals surface area contributed by atoms with Gasteiger partial charge in [-0.3, -0.25) is 18.7 Å². The van der Waals surface area contributed by atoms with Crippen molar-refractivity contribution in [2.24, 2.45) is 11.7 Å². The lowest BCUT2D eigenvalue weighted by Gasteiger charge is -2.46. The number of Topliss-reactive ketones (excluding diaryl/α,β-unsaturated/α-hetero) is 2. The minimum absolute atomic E-state index is 0.00447. The molecule has 2 aliphatic rings. The van der Waals surface area contributed by atoms with Gasteiger partial charge in [0.05, 0.1) is 24.9 Å². The van der Waals surface area contributed by atoms with E-state index in [9.17, 15) is 59.3 Å². The second-order valence-electron chi connectivity index (χ2n) is 12.9. The number of nitrogens with zero attached hydrogens (tertiary/aromatic N) is 2. The molecule has 3 heterocycles. The summed E-state index contributed by atoms with van der Waals surface area (Å²) < 4.78 is 34.7. The highest BCUT2D eigenvalue weighted by Gasteiger charge is 2.58. The topological polar surface area (TPSA) is 334 Å². The Morgan fingerprint density at radius 2 is 1.81 bits per heavy atom. The van der Waals surface area contributed by atoms with Crippen LogP contribution in [-0.2, 0) is 39.1 Å². The van der Waals surface area contributed by atoms with Crippen molar-refractivity contribution in [1.29, 1.82) is 0 Å². The molecule has 1 aromatic heterocycles. The van der Waals surface area contributed by atoms with E-state index in [0.717, 1.165) is 16.3 Å². The molecule has 4 rings (SSSR count). The SMILES string of the molecule is CCC(=O)c1ccc(CCCC(=O)C[C@H]2C([C@H](O)[C@H](O)CN)O[C@](OP(=O)(O)OC[C@H]3O[C@@H](n4ccc(N)nc4=O)C(O)[C@H]3O)(C(=O)O)C[C@H]2O)cc1. The van der Waals surface area contributed by atoms with Gasteiger partial charge < -0.3 is 56.5 Å². The first-order valence-electron chi connectivity index (χ1n) is 16.8. The van der Waals surface area contributed by atoms with Crippen LogP contribution in [0.2, 0.25) is 0 Å². The van der Waals surface area contributed by atoms with Crippen LogP contribution in [0.4, 0.5) is 5.82 Å². The molecule has 0 saturated carbocycles. The van der Waals surface area contributed by atoms with Crippen LogP contribution in [-0.4, -0.2) is 124 Å². The van der Waals surface area contributed by atoms with Crippen LogP contribution in [0.5, 0.6) is 0 Å². The fourth-order valence-corrected chi connectivity index (χ4v) is 7.14. The van der Waals surface area contributed by atoms with E-state index in [4.69, 9.17) is 30.0 Å². The quantitative estimate of drug-likeness (QED) is 0.0607. The predicted molar refractivity (Wildman–Crippen MR) is 180 cm³/mol. The minimum atomic E-state index is -5.54. The first-order chi connectivity index (χ1) is 24.9. The zero-order valence-electron chi connectivity index (χ0n) is 28.6. The number of anilines is 1. The number of carbonyl (C=O) groups is 3. The maximum atomic E-state index is 13.1. The molecule has 2 aliphatic heterocycles. The normalized spacial score (nSPS) is 29.6. The van der Waals surface area contributed by atoms with Gasteiger partial charge in [-0.1, -0.05) is 31.2 Å². The van der Waals surface area contributed by atoms with E-state index in [0.29, 0.717) is 24.8 Å². The largest absolute Gasteiger partial charge is 0.477 e. The van der Waals surface area contributed by atoms with Gasteiger partial charge in [0.25, 0.3) is 5.79 Å². The number of hydrogen-bond acceptors (Lipinski definition) is 17. The van der Waals surface area contributed by atoms with Crippen molar-refractivity contribution in [3.63, 3.8) is 0 Å². The van der Waals surface area contributed by atoms with Gasteiger partial charge in [-0.15, -0.1) is 0 Å². The number of phosphoric acid groups is 1.